The van der Waals surface area contributed by atoms with Crippen molar-refractivity contribution in [3.05, 3.63) is 35.4 Å². The van der Waals surface area contributed by atoms with E-state index in [4.69, 9.17) is 0 Å². The highest BCUT2D eigenvalue weighted by molar-refractivity contribution is 5.96. The number of rotatable bonds is 2. The predicted molar refractivity (Wildman–Crippen MR) is 83.0 cm³/mol. The zero-order valence-corrected chi connectivity index (χ0v) is 13.0. The Morgan fingerprint density at radius 3 is 2.65 bits per heavy atom. The quantitative estimate of drug-likeness (QED) is 0.870. The van der Waals surface area contributed by atoms with Crippen molar-refractivity contribution in [1.82, 2.24) is 10.6 Å². The Kier molecular flexibility index (Phi) is 4.48. The van der Waals surface area contributed by atoms with Gasteiger partial charge in [0.05, 0.1) is 0 Å². The summed E-state index contributed by atoms with van der Waals surface area (Å²) in [5.74, 6) is 0.582. The lowest BCUT2D eigenvalue weighted by Gasteiger charge is -2.31. The molecular weight excluding hydrogens is 248 g/mol. The van der Waals surface area contributed by atoms with E-state index in [9.17, 15) is 4.79 Å². The highest BCUT2D eigenvalue weighted by Gasteiger charge is 2.26. The van der Waals surface area contributed by atoms with Crippen molar-refractivity contribution >= 4 is 5.91 Å². The van der Waals surface area contributed by atoms with E-state index in [-0.39, 0.29) is 17.4 Å². The molecule has 1 aliphatic rings. The van der Waals surface area contributed by atoms with E-state index >= 15 is 0 Å². The number of hydrogen-bond donors (Lipinski definition) is 2. The summed E-state index contributed by atoms with van der Waals surface area (Å²) in [4.78, 5) is 12.6. The molecule has 0 bridgehead atoms. The minimum atomic E-state index is -0.0234. The zero-order chi connectivity index (χ0) is 14.8. The van der Waals surface area contributed by atoms with Crippen LogP contribution in [0.15, 0.2) is 24.3 Å². The smallest absolute Gasteiger partial charge is 0.251 e. The minimum Gasteiger partial charge on any atom is -0.348 e. The molecule has 0 radical (unpaired) electrons. The Morgan fingerprint density at radius 2 is 2.00 bits per heavy atom. The van der Waals surface area contributed by atoms with Crippen molar-refractivity contribution in [2.75, 3.05) is 13.1 Å². The summed E-state index contributed by atoms with van der Waals surface area (Å²) in [5.41, 5.74) is 1.89. The van der Waals surface area contributed by atoms with Crippen molar-refractivity contribution in [3.63, 3.8) is 0 Å². The molecule has 0 aliphatic carbocycles. The second-order valence-electron chi connectivity index (χ2n) is 6.85. The maximum absolute atomic E-state index is 12.6. The third-order valence-electron chi connectivity index (χ3n) is 4.12. The molecule has 3 heteroatoms. The Balaban J connectivity index is 2.17. The maximum Gasteiger partial charge on any atom is 0.251 e. The molecule has 0 spiro atoms. The van der Waals surface area contributed by atoms with Crippen LogP contribution >= 0.6 is 0 Å². The van der Waals surface area contributed by atoms with Gasteiger partial charge in [-0.05, 0) is 35.9 Å². The number of carbonyl (C=O) groups excluding carboxylic acids is 1. The first-order chi connectivity index (χ1) is 9.39. The van der Waals surface area contributed by atoms with E-state index in [1.807, 2.05) is 18.2 Å². The van der Waals surface area contributed by atoms with Gasteiger partial charge in [0.2, 0.25) is 0 Å². The van der Waals surface area contributed by atoms with Gasteiger partial charge in [0.1, 0.15) is 0 Å². The van der Waals surface area contributed by atoms with Gasteiger partial charge in [-0.2, -0.15) is 0 Å². The molecule has 110 valence electrons. The molecule has 0 aromatic heterocycles. The van der Waals surface area contributed by atoms with Gasteiger partial charge >= 0.3 is 0 Å². The van der Waals surface area contributed by atoms with Gasteiger partial charge in [0.15, 0.2) is 0 Å². The van der Waals surface area contributed by atoms with Crippen molar-refractivity contribution in [3.8, 4) is 0 Å². The minimum absolute atomic E-state index is 0.0234. The third-order valence-corrected chi connectivity index (χ3v) is 4.12. The normalized spacial score (nSPS) is 23.4. The molecule has 1 aliphatic heterocycles. The van der Waals surface area contributed by atoms with Gasteiger partial charge in [-0.25, -0.2) is 0 Å². The molecule has 1 aromatic carbocycles. The van der Waals surface area contributed by atoms with Gasteiger partial charge in [-0.1, -0.05) is 45.9 Å². The summed E-state index contributed by atoms with van der Waals surface area (Å²) in [6, 6.07) is 8.15. The molecule has 2 atom stereocenters. The molecule has 1 saturated heterocycles. The fourth-order valence-electron chi connectivity index (χ4n) is 2.76. The molecule has 1 amide bonds. The lowest BCUT2D eigenvalue weighted by Crippen LogP contribution is -2.50. The summed E-state index contributed by atoms with van der Waals surface area (Å²) in [7, 11) is 0. The van der Waals surface area contributed by atoms with Gasteiger partial charge in [0, 0.05) is 18.2 Å². The van der Waals surface area contributed by atoms with Crippen LogP contribution in [0.25, 0.3) is 0 Å². The lowest BCUT2D eigenvalue weighted by molar-refractivity contribution is 0.0913. The number of nitrogens with one attached hydrogen (secondary N) is 2. The molecule has 1 fully saturated rings. The van der Waals surface area contributed by atoms with Gasteiger partial charge in [-0.3, -0.25) is 4.79 Å². The maximum atomic E-state index is 12.6. The third kappa shape index (κ3) is 3.40. The van der Waals surface area contributed by atoms with E-state index < -0.39 is 0 Å². The predicted octanol–water partition coefficient (Wildman–Crippen LogP) is 2.71. The molecule has 1 heterocycles. The standard InChI is InChI=1S/C17H26N2O/c1-12-9-10-18-11-15(12)19-16(20)13-7-5-6-8-14(13)17(2,3)4/h5-8,12,15,18H,9-11H2,1-4H3,(H,19,20). The second-order valence-corrected chi connectivity index (χ2v) is 6.85. The molecule has 3 nitrogen and oxygen atoms in total. The topological polar surface area (TPSA) is 41.1 Å². The average Bonchev–Trinajstić information content (AvgIpc) is 2.40. The Labute approximate surface area is 122 Å². The van der Waals surface area contributed by atoms with Crippen molar-refractivity contribution < 1.29 is 4.79 Å². The van der Waals surface area contributed by atoms with Crippen LogP contribution in [0, 0.1) is 5.92 Å². The summed E-state index contributed by atoms with van der Waals surface area (Å²) in [6.45, 7) is 10.6. The number of hydrogen-bond acceptors (Lipinski definition) is 2. The average molecular weight is 274 g/mol. The van der Waals surface area contributed by atoms with Crippen molar-refractivity contribution in [2.45, 2.75) is 45.6 Å². The second kappa shape index (κ2) is 5.96. The van der Waals surface area contributed by atoms with Crippen LogP contribution in [-0.2, 0) is 5.41 Å². The summed E-state index contributed by atoms with van der Waals surface area (Å²) in [6.07, 6.45) is 1.12. The van der Waals surface area contributed by atoms with Crippen LogP contribution in [0.4, 0.5) is 0 Å². The number of benzene rings is 1. The van der Waals surface area contributed by atoms with Crippen LogP contribution in [-0.4, -0.2) is 25.0 Å². The first kappa shape index (κ1) is 15.0. The monoisotopic (exact) mass is 274 g/mol. The summed E-state index contributed by atoms with van der Waals surface area (Å²) >= 11 is 0. The number of carbonyl (C=O) groups is 1. The molecule has 2 N–H and O–H groups in total. The highest BCUT2D eigenvalue weighted by Crippen LogP contribution is 2.26. The van der Waals surface area contributed by atoms with E-state index in [1.54, 1.807) is 0 Å². The first-order valence-electron chi connectivity index (χ1n) is 7.50. The van der Waals surface area contributed by atoms with Crippen LogP contribution < -0.4 is 10.6 Å². The Hall–Kier alpha value is -1.35. The van der Waals surface area contributed by atoms with Gasteiger partial charge in [-0.15, -0.1) is 0 Å². The molecular formula is C17H26N2O. The zero-order valence-electron chi connectivity index (χ0n) is 13.0. The van der Waals surface area contributed by atoms with Crippen molar-refractivity contribution in [2.24, 2.45) is 5.92 Å². The number of piperidine rings is 1. The summed E-state index contributed by atoms with van der Waals surface area (Å²) < 4.78 is 0. The molecule has 2 unspecified atom stereocenters. The van der Waals surface area contributed by atoms with Gasteiger partial charge in [0.25, 0.3) is 5.91 Å². The van der Waals surface area contributed by atoms with Crippen molar-refractivity contribution in [1.29, 1.82) is 0 Å². The Morgan fingerprint density at radius 1 is 1.30 bits per heavy atom. The van der Waals surface area contributed by atoms with Gasteiger partial charge < -0.3 is 10.6 Å². The van der Waals surface area contributed by atoms with Crippen LogP contribution in [0.1, 0.15) is 50.0 Å². The van der Waals surface area contributed by atoms with Crippen LogP contribution in [0.3, 0.4) is 0 Å². The molecule has 1 aromatic rings. The summed E-state index contributed by atoms with van der Waals surface area (Å²) in [5, 5.41) is 6.55. The lowest BCUT2D eigenvalue weighted by atomic mass is 9.83. The fourth-order valence-corrected chi connectivity index (χ4v) is 2.76. The van der Waals surface area contributed by atoms with Crippen LogP contribution in [0.2, 0.25) is 0 Å². The number of amides is 1. The molecule has 20 heavy (non-hydrogen) atoms. The van der Waals surface area contributed by atoms with E-state index in [0.717, 1.165) is 30.6 Å². The first-order valence-corrected chi connectivity index (χ1v) is 7.50. The highest BCUT2D eigenvalue weighted by atomic mass is 16.1. The van der Waals surface area contributed by atoms with Crippen LogP contribution in [0.5, 0.6) is 0 Å². The SMILES string of the molecule is CC1CCNCC1NC(=O)c1ccccc1C(C)(C)C. The van der Waals surface area contributed by atoms with E-state index in [1.165, 1.54) is 0 Å². The molecule has 0 saturated carbocycles. The molecule has 2 rings (SSSR count). The largest absolute Gasteiger partial charge is 0.348 e. The van der Waals surface area contributed by atoms with E-state index in [0.29, 0.717) is 5.92 Å². The Bertz CT molecular complexity index is 476. The van der Waals surface area contributed by atoms with E-state index in [2.05, 4.69) is 44.4 Å². The fraction of sp³-hybridized carbons (Fsp3) is 0.588.